The molecular formula is C14H16N2. The van der Waals surface area contributed by atoms with Crippen molar-refractivity contribution in [2.75, 3.05) is 0 Å². The molecule has 1 aromatic carbocycles. The number of nitriles is 1. The third kappa shape index (κ3) is 1.94. The Morgan fingerprint density at radius 2 is 2.06 bits per heavy atom. The van der Waals surface area contributed by atoms with Crippen LogP contribution in [0.25, 0.3) is 10.9 Å². The summed E-state index contributed by atoms with van der Waals surface area (Å²) in [5, 5.41) is 10.2. The van der Waals surface area contributed by atoms with Crippen molar-refractivity contribution in [1.82, 2.24) is 4.98 Å². The van der Waals surface area contributed by atoms with Gasteiger partial charge in [-0.3, -0.25) is 0 Å². The largest absolute Gasteiger partial charge is 0.361 e. The Balaban J connectivity index is 2.60. The van der Waals surface area contributed by atoms with Gasteiger partial charge < -0.3 is 4.98 Å². The highest BCUT2D eigenvalue weighted by atomic mass is 14.7. The van der Waals surface area contributed by atoms with Gasteiger partial charge in [0, 0.05) is 17.1 Å². The quantitative estimate of drug-likeness (QED) is 0.770. The van der Waals surface area contributed by atoms with Crippen molar-refractivity contribution < 1.29 is 0 Å². The molecule has 1 heterocycles. The molecular weight excluding hydrogens is 196 g/mol. The molecule has 0 atom stereocenters. The predicted molar refractivity (Wildman–Crippen MR) is 66.2 cm³/mol. The first-order valence-electron chi connectivity index (χ1n) is 5.50. The molecule has 82 valence electrons. The van der Waals surface area contributed by atoms with Gasteiger partial charge in [-0.15, -0.1) is 0 Å². The monoisotopic (exact) mass is 212 g/mol. The lowest BCUT2D eigenvalue weighted by atomic mass is 9.87. The summed E-state index contributed by atoms with van der Waals surface area (Å²) in [5.74, 6) is 0. The maximum atomic E-state index is 9.11. The molecule has 0 radical (unpaired) electrons. The van der Waals surface area contributed by atoms with Gasteiger partial charge in [0.2, 0.25) is 0 Å². The summed E-state index contributed by atoms with van der Waals surface area (Å²) in [6.45, 7) is 6.63. The average molecular weight is 212 g/mol. The van der Waals surface area contributed by atoms with Crippen molar-refractivity contribution in [2.24, 2.45) is 5.41 Å². The summed E-state index contributed by atoms with van der Waals surface area (Å²) >= 11 is 0. The second kappa shape index (κ2) is 3.68. The Kier molecular flexibility index (Phi) is 2.47. The molecule has 0 aliphatic heterocycles. The molecule has 0 bridgehead atoms. The zero-order valence-corrected chi connectivity index (χ0v) is 9.96. The van der Waals surface area contributed by atoms with Gasteiger partial charge in [0.25, 0.3) is 0 Å². The minimum Gasteiger partial charge on any atom is -0.361 e. The van der Waals surface area contributed by atoms with Gasteiger partial charge in [0.1, 0.15) is 0 Å². The fourth-order valence-electron chi connectivity index (χ4n) is 2.06. The number of benzene rings is 1. The van der Waals surface area contributed by atoms with Crippen molar-refractivity contribution in [3.63, 3.8) is 0 Å². The van der Waals surface area contributed by atoms with E-state index in [-0.39, 0.29) is 5.41 Å². The molecule has 16 heavy (non-hydrogen) atoms. The van der Waals surface area contributed by atoms with Crippen LogP contribution in [0.5, 0.6) is 0 Å². The van der Waals surface area contributed by atoms with E-state index >= 15 is 0 Å². The first-order chi connectivity index (χ1) is 7.51. The molecule has 0 aliphatic carbocycles. The van der Waals surface area contributed by atoms with Gasteiger partial charge in [0.15, 0.2) is 0 Å². The first kappa shape index (κ1) is 10.8. The number of aromatic nitrogens is 1. The van der Waals surface area contributed by atoms with Gasteiger partial charge >= 0.3 is 0 Å². The standard InChI is InChI=1S/C14H16N2/c1-14(2,3)7-11-9-16-12-6-4-5-10(8-15)13(11)12/h4-6,9,16H,7H2,1-3H3. The fraction of sp³-hybridized carbons (Fsp3) is 0.357. The molecule has 1 aromatic heterocycles. The van der Waals surface area contributed by atoms with Crippen molar-refractivity contribution in [3.8, 4) is 6.07 Å². The Bertz CT molecular complexity index is 550. The lowest BCUT2D eigenvalue weighted by molar-refractivity contribution is 0.412. The Hall–Kier alpha value is -1.75. The Morgan fingerprint density at radius 3 is 2.69 bits per heavy atom. The SMILES string of the molecule is CC(C)(C)Cc1c[nH]c2cccc(C#N)c12. The van der Waals surface area contributed by atoms with Crippen LogP contribution in [0.1, 0.15) is 31.9 Å². The van der Waals surface area contributed by atoms with Gasteiger partial charge in [-0.1, -0.05) is 26.8 Å². The Labute approximate surface area is 95.9 Å². The van der Waals surface area contributed by atoms with Crippen LogP contribution >= 0.6 is 0 Å². The first-order valence-corrected chi connectivity index (χ1v) is 5.50. The molecule has 0 aliphatic rings. The van der Waals surface area contributed by atoms with E-state index in [9.17, 15) is 0 Å². The van der Waals surface area contributed by atoms with Gasteiger partial charge in [0.05, 0.1) is 11.6 Å². The molecule has 0 fully saturated rings. The van der Waals surface area contributed by atoms with E-state index in [1.165, 1.54) is 5.56 Å². The smallest absolute Gasteiger partial charge is 0.0998 e. The number of hydrogen-bond donors (Lipinski definition) is 1. The molecule has 2 heteroatoms. The van der Waals surface area contributed by atoms with Crippen LogP contribution in [-0.2, 0) is 6.42 Å². The third-order valence-electron chi connectivity index (χ3n) is 2.63. The number of nitrogens with one attached hydrogen (secondary N) is 1. The molecule has 2 rings (SSSR count). The lowest BCUT2D eigenvalue weighted by Gasteiger charge is -2.17. The van der Waals surface area contributed by atoms with E-state index in [2.05, 4.69) is 31.8 Å². The third-order valence-corrected chi connectivity index (χ3v) is 2.63. The molecule has 2 aromatic rings. The lowest BCUT2D eigenvalue weighted by Crippen LogP contribution is -2.08. The zero-order valence-electron chi connectivity index (χ0n) is 9.96. The number of nitrogens with zero attached hydrogens (tertiary/aromatic N) is 1. The summed E-state index contributed by atoms with van der Waals surface area (Å²) in [6, 6.07) is 8.07. The topological polar surface area (TPSA) is 39.6 Å². The maximum Gasteiger partial charge on any atom is 0.0998 e. The van der Waals surface area contributed by atoms with Crippen LogP contribution in [0.4, 0.5) is 0 Å². The van der Waals surface area contributed by atoms with Crippen LogP contribution in [0.2, 0.25) is 0 Å². The van der Waals surface area contributed by atoms with Crippen molar-refractivity contribution >= 4 is 10.9 Å². The second-order valence-corrected chi connectivity index (χ2v) is 5.39. The number of hydrogen-bond acceptors (Lipinski definition) is 1. The van der Waals surface area contributed by atoms with E-state index in [0.29, 0.717) is 0 Å². The molecule has 1 N–H and O–H groups in total. The fourth-order valence-corrected chi connectivity index (χ4v) is 2.06. The summed E-state index contributed by atoms with van der Waals surface area (Å²) < 4.78 is 0. The van der Waals surface area contributed by atoms with E-state index in [1.54, 1.807) is 0 Å². The molecule has 0 unspecified atom stereocenters. The zero-order chi connectivity index (χ0) is 11.8. The van der Waals surface area contributed by atoms with E-state index in [1.807, 2.05) is 24.4 Å². The van der Waals surface area contributed by atoms with Gasteiger partial charge in [-0.2, -0.15) is 5.26 Å². The number of H-pyrrole nitrogens is 1. The summed E-state index contributed by atoms with van der Waals surface area (Å²) in [5.41, 5.74) is 3.29. The highest BCUT2D eigenvalue weighted by molar-refractivity contribution is 5.88. The second-order valence-electron chi connectivity index (χ2n) is 5.39. The van der Waals surface area contributed by atoms with Crippen LogP contribution in [0, 0.1) is 16.7 Å². The van der Waals surface area contributed by atoms with Crippen LogP contribution in [-0.4, -0.2) is 4.98 Å². The van der Waals surface area contributed by atoms with Crippen molar-refractivity contribution in [2.45, 2.75) is 27.2 Å². The minimum absolute atomic E-state index is 0.234. The highest BCUT2D eigenvalue weighted by Crippen LogP contribution is 2.28. The summed E-state index contributed by atoms with van der Waals surface area (Å²) in [7, 11) is 0. The van der Waals surface area contributed by atoms with E-state index in [0.717, 1.165) is 22.9 Å². The average Bonchev–Trinajstić information content (AvgIpc) is 2.59. The number of rotatable bonds is 1. The number of fused-ring (bicyclic) bond motifs is 1. The van der Waals surface area contributed by atoms with Crippen LogP contribution in [0.15, 0.2) is 24.4 Å². The predicted octanol–water partition coefficient (Wildman–Crippen LogP) is 3.63. The molecule has 0 saturated heterocycles. The molecule has 0 saturated carbocycles. The normalized spacial score (nSPS) is 11.6. The maximum absolute atomic E-state index is 9.11. The highest BCUT2D eigenvalue weighted by Gasteiger charge is 2.15. The summed E-state index contributed by atoms with van der Waals surface area (Å²) in [6.07, 6.45) is 3.00. The van der Waals surface area contributed by atoms with Gasteiger partial charge in [-0.25, -0.2) is 0 Å². The van der Waals surface area contributed by atoms with E-state index < -0.39 is 0 Å². The minimum atomic E-state index is 0.234. The van der Waals surface area contributed by atoms with E-state index in [4.69, 9.17) is 5.26 Å². The Morgan fingerprint density at radius 1 is 1.31 bits per heavy atom. The van der Waals surface area contributed by atoms with Crippen LogP contribution < -0.4 is 0 Å². The van der Waals surface area contributed by atoms with Crippen molar-refractivity contribution in [1.29, 1.82) is 5.26 Å². The van der Waals surface area contributed by atoms with Crippen LogP contribution in [0.3, 0.4) is 0 Å². The summed E-state index contributed by atoms with van der Waals surface area (Å²) in [4.78, 5) is 3.23. The van der Waals surface area contributed by atoms with Crippen molar-refractivity contribution in [3.05, 3.63) is 35.5 Å². The molecule has 0 spiro atoms. The molecule has 2 nitrogen and oxygen atoms in total. The van der Waals surface area contributed by atoms with Gasteiger partial charge in [-0.05, 0) is 29.5 Å². The molecule has 0 amide bonds. The number of aromatic amines is 1.